The minimum Gasteiger partial charge on any atom is -0.359 e. The van der Waals surface area contributed by atoms with Gasteiger partial charge in [0.1, 0.15) is 0 Å². The third kappa shape index (κ3) is 3.13. The van der Waals surface area contributed by atoms with Crippen LogP contribution in [0.25, 0.3) is 22.2 Å². The topological polar surface area (TPSA) is 87.9 Å². The van der Waals surface area contributed by atoms with Crippen LogP contribution in [0.3, 0.4) is 0 Å². The molecule has 1 aromatic carbocycles. The molecule has 0 unspecified atom stereocenters. The molecule has 1 fully saturated rings. The summed E-state index contributed by atoms with van der Waals surface area (Å²) in [6.07, 6.45) is 1.68. The smallest absolute Gasteiger partial charge is 0.274 e. The molecule has 6 nitrogen and oxygen atoms in total. The Bertz CT molecular complexity index is 907. The molecule has 0 spiro atoms. The van der Waals surface area contributed by atoms with Crippen LogP contribution < -0.4 is 5.73 Å². The van der Waals surface area contributed by atoms with Gasteiger partial charge in [0.15, 0.2) is 5.69 Å². The molecule has 1 amide bonds. The lowest BCUT2D eigenvalue weighted by Crippen LogP contribution is -2.43. The van der Waals surface area contributed by atoms with Crippen molar-refractivity contribution in [1.82, 2.24) is 20.1 Å². The second-order valence-corrected chi connectivity index (χ2v) is 6.69. The van der Waals surface area contributed by atoms with Crippen LogP contribution in [0.1, 0.15) is 29.0 Å². The van der Waals surface area contributed by atoms with Crippen LogP contribution in [-0.4, -0.2) is 45.1 Å². The van der Waals surface area contributed by atoms with Gasteiger partial charge in [0.05, 0.1) is 5.69 Å². The molecule has 0 radical (unpaired) electrons. The van der Waals surface area contributed by atoms with Gasteiger partial charge in [0, 0.05) is 41.3 Å². The molecule has 2 aromatic heterocycles. The molecule has 1 aliphatic heterocycles. The molecule has 0 bridgehead atoms. The van der Waals surface area contributed by atoms with Crippen LogP contribution in [0.4, 0.5) is 0 Å². The molecule has 25 heavy (non-hydrogen) atoms. The van der Waals surface area contributed by atoms with Gasteiger partial charge in [0.25, 0.3) is 5.91 Å². The van der Waals surface area contributed by atoms with Crippen LogP contribution in [0.15, 0.2) is 36.4 Å². The minimum atomic E-state index is -0.0670. The van der Waals surface area contributed by atoms with E-state index in [1.54, 1.807) is 6.07 Å². The van der Waals surface area contributed by atoms with Crippen molar-refractivity contribution < 1.29 is 4.79 Å². The molecule has 1 saturated heterocycles. The number of nitrogens with one attached hydrogen (secondary N) is 1. The Hall–Kier alpha value is -2.73. The number of amides is 1. The molecule has 0 saturated carbocycles. The number of aryl methyl sites for hydroxylation is 1. The maximum absolute atomic E-state index is 12.5. The lowest BCUT2D eigenvalue weighted by molar-refractivity contribution is 0.0707. The van der Waals surface area contributed by atoms with E-state index < -0.39 is 0 Å². The Morgan fingerprint density at radius 3 is 2.68 bits per heavy atom. The van der Waals surface area contributed by atoms with Gasteiger partial charge in [-0.25, -0.2) is 0 Å². The predicted octanol–water partition coefficient (Wildman–Crippen LogP) is 2.50. The van der Waals surface area contributed by atoms with Gasteiger partial charge in [-0.15, -0.1) is 10.2 Å². The number of carbonyl (C=O) groups is 1. The molecule has 128 valence electrons. The number of carbonyl (C=O) groups excluding carboxylic acids is 1. The molecule has 6 heteroatoms. The van der Waals surface area contributed by atoms with E-state index in [1.807, 2.05) is 30.0 Å². The van der Waals surface area contributed by atoms with Gasteiger partial charge in [-0.1, -0.05) is 6.07 Å². The Kier molecular flexibility index (Phi) is 3.97. The summed E-state index contributed by atoms with van der Waals surface area (Å²) in [6, 6.07) is 12.0. The molecule has 0 aliphatic carbocycles. The van der Waals surface area contributed by atoms with E-state index in [4.69, 9.17) is 5.73 Å². The summed E-state index contributed by atoms with van der Waals surface area (Å²) in [5.74, 6) is -0.0670. The first-order valence-corrected chi connectivity index (χ1v) is 8.58. The number of nitrogens with two attached hydrogens (primary N) is 1. The maximum atomic E-state index is 12.5. The zero-order chi connectivity index (χ0) is 17.4. The third-order valence-corrected chi connectivity index (χ3v) is 4.76. The van der Waals surface area contributed by atoms with Gasteiger partial charge in [-0.3, -0.25) is 4.79 Å². The number of fused-ring (bicyclic) bond motifs is 1. The summed E-state index contributed by atoms with van der Waals surface area (Å²) < 4.78 is 0. The second kappa shape index (κ2) is 6.29. The molecule has 1 aliphatic rings. The number of nitrogens with zero attached hydrogens (tertiary/aromatic N) is 3. The van der Waals surface area contributed by atoms with Gasteiger partial charge >= 0.3 is 0 Å². The van der Waals surface area contributed by atoms with Crippen LogP contribution in [0, 0.1) is 6.92 Å². The van der Waals surface area contributed by atoms with Crippen LogP contribution >= 0.6 is 0 Å². The number of rotatable bonds is 2. The van der Waals surface area contributed by atoms with E-state index in [2.05, 4.69) is 27.3 Å². The molecular weight excluding hydrogens is 314 g/mol. The van der Waals surface area contributed by atoms with E-state index in [-0.39, 0.29) is 11.9 Å². The third-order valence-electron chi connectivity index (χ3n) is 4.76. The first-order chi connectivity index (χ1) is 12.1. The van der Waals surface area contributed by atoms with E-state index in [0.717, 1.165) is 40.7 Å². The molecule has 4 rings (SSSR count). The molecule has 3 heterocycles. The number of H-pyrrole nitrogens is 1. The highest BCUT2D eigenvalue weighted by Crippen LogP contribution is 2.23. The molecular formula is C19H21N5O. The number of piperidine rings is 1. The minimum absolute atomic E-state index is 0.0670. The summed E-state index contributed by atoms with van der Waals surface area (Å²) in [5.41, 5.74) is 10.3. The van der Waals surface area contributed by atoms with Crippen molar-refractivity contribution in [2.24, 2.45) is 5.73 Å². The fraction of sp³-hybridized carbons (Fsp3) is 0.316. The van der Waals surface area contributed by atoms with Crippen LogP contribution in [0.5, 0.6) is 0 Å². The summed E-state index contributed by atoms with van der Waals surface area (Å²) >= 11 is 0. The van der Waals surface area contributed by atoms with Gasteiger partial charge < -0.3 is 15.6 Å². The van der Waals surface area contributed by atoms with E-state index in [1.165, 1.54) is 0 Å². The average Bonchev–Trinajstić information content (AvgIpc) is 3.01. The molecule has 3 N–H and O–H groups in total. The SMILES string of the molecule is Cc1cc2cc(-c3ccc(C(=O)N4CCC(N)CC4)nn3)ccc2[nH]1. The average molecular weight is 335 g/mol. The predicted molar refractivity (Wildman–Crippen MR) is 97.2 cm³/mol. The standard InChI is InChI=1S/C19H21N5O/c1-12-10-14-11-13(2-3-16(14)21-12)17-4-5-18(23-22-17)19(25)24-8-6-15(20)7-9-24/h2-5,10-11,15,21H,6-9,20H2,1H3. The summed E-state index contributed by atoms with van der Waals surface area (Å²) in [4.78, 5) is 17.6. The lowest BCUT2D eigenvalue weighted by Gasteiger charge is -2.29. The second-order valence-electron chi connectivity index (χ2n) is 6.69. The van der Waals surface area contributed by atoms with E-state index in [0.29, 0.717) is 18.8 Å². The number of likely N-dealkylation sites (tertiary alicyclic amines) is 1. The number of hydrogen-bond acceptors (Lipinski definition) is 4. The summed E-state index contributed by atoms with van der Waals surface area (Å²) in [5, 5.41) is 9.56. The highest BCUT2D eigenvalue weighted by atomic mass is 16.2. The van der Waals surface area contributed by atoms with Crippen molar-refractivity contribution in [1.29, 1.82) is 0 Å². The Morgan fingerprint density at radius 1 is 1.16 bits per heavy atom. The van der Waals surface area contributed by atoms with Crippen LogP contribution in [-0.2, 0) is 0 Å². The van der Waals surface area contributed by atoms with Crippen LogP contribution in [0.2, 0.25) is 0 Å². The van der Waals surface area contributed by atoms with Crippen molar-refractivity contribution in [2.75, 3.05) is 13.1 Å². The Morgan fingerprint density at radius 2 is 1.96 bits per heavy atom. The number of hydrogen-bond donors (Lipinski definition) is 2. The zero-order valence-corrected chi connectivity index (χ0v) is 14.2. The molecule has 3 aromatic rings. The lowest BCUT2D eigenvalue weighted by atomic mass is 10.1. The number of aromatic nitrogens is 3. The maximum Gasteiger partial charge on any atom is 0.274 e. The molecule has 0 atom stereocenters. The van der Waals surface area contributed by atoms with Crippen molar-refractivity contribution in [3.05, 3.63) is 47.8 Å². The monoisotopic (exact) mass is 335 g/mol. The van der Waals surface area contributed by atoms with E-state index in [9.17, 15) is 4.79 Å². The largest absolute Gasteiger partial charge is 0.359 e. The first kappa shape index (κ1) is 15.8. The van der Waals surface area contributed by atoms with Crippen molar-refractivity contribution in [3.8, 4) is 11.3 Å². The van der Waals surface area contributed by atoms with Gasteiger partial charge in [-0.2, -0.15) is 0 Å². The van der Waals surface area contributed by atoms with Crippen molar-refractivity contribution in [2.45, 2.75) is 25.8 Å². The first-order valence-electron chi connectivity index (χ1n) is 8.58. The van der Waals surface area contributed by atoms with Gasteiger partial charge in [-0.05, 0) is 50.1 Å². The van der Waals surface area contributed by atoms with Crippen molar-refractivity contribution in [3.63, 3.8) is 0 Å². The van der Waals surface area contributed by atoms with Gasteiger partial charge in [0.2, 0.25) is 0 Å². The highest BCUT2D eigenvalue weighted by Gasteiger charge is 2.22. The Balaban J connectivity index is 1.55. The summed E-state index contributed by atoms with van der Waals surface area (Å²) in [6.45, 7) is 3.41. The fourth-order valence-corrected chi connectivity index (χ4v) is 3.30. The van der Waals surface area contributed by atoms with Crippen molar-refractivity contribution >= 4 is 16.8 Å². The van der Waals surface area contributed by atoms with E-state index >= 15 is 0 Å². The normalized spacial score (nSPS) is 15.7. The fourth-order valence-electron chi connectivity index (χ4n) is 3.30. The quantitative estimate of drug-likeness (QED) is 0.753. The Labute approximate surface area is 146 Å². The number of benzene rings is 1. The number of aromatic amines is 1. The highest BCUT2D eigenvalue weighted by molar-refractivity contribution is 5.92. The zero-order valence-electron chi connectivity index (χ0n) is 14.2. The summed E-state index contributed by atoms with van der Waals surface area (Å²) in [7, 11) is 0.